The van der Waals surface area contributed by atoms with Crippen LogP contribution in [0.2, 0.25) is 0 Å². The molecule has 0 saturated carbocycles. The van der Waals surface area contributed by atoms with Gasteiger partial charge in [-0.05, 0) is 41.1 Å². The van der Waals surface area contributed by atoms with Crippen molar-refractivity contribution in [3.63, 3.8) is 0 Å². The van der Waals surface area contributed by atoms with Gasteiger partial charge in [0.25, 0.3) is 5.91 Å². The summed E-state index contributed by atoms with van der Waals surface area (Å²) >= 11 is 0. The summed E-state index contributed by atoms with van der Waals surface area (Å²) in [5.41, 5.74) is 2.70. The van der Waals surface area contributed by atoms with E-state index in [2.05, 4.69) is 12.4 Å². The summed E-state index contributed by atoms with van der Waals surface area (Å²) in [5, 5.41) is 15.1. The quantitative estimate of drug-likeness (QED) is 0.627. The SMILES string of the molecule is CNC(=O)c1ccc(C[NH+](C)Cc2c(O)ccc3ccc(OC)cc23)cc1. The molecule has 0 aromatic heterocycles. The van der Waals surface area contributed by atoms with Crippen LogP contribution in [0, 0.1) is 0 Å². The number of nitrogens with one attached hydrogen (secondary N) is 2. The van der Waals surface area contributed by atoms with Gasteiger partial charge in [0.15, 0.2) is 0 Å². The predicted molar refractivity (Wildman–Crippen MR) is 106 cm³/mol. The molecule has 3 N–H and O–H groups in total. The second kappa shape index (κ2) is 8.10. The maximum atomic E-state index is 11.6. The number of hydrogen-bond acceptors (Lipinski definition) is 3. The molecule has 3 aromatic carbocycles. The average molecular weight is 365 g/mol. The molecule has 0 fully saturated rings. The predicted octanol–water partition coefficient (Wildman–Crippen LogP) is 2.13. The molecule has 1 amide bonds. The van der Waals surface area contributed by atoms with Crippen LogP contribution in [0.4, 0.5) is 0 Å². The second-order valence-corrected chi connectivity index (χ2v) is 6.74. The maximum Gasteiger partial charge on any atom is 0.251 e. The fraction of sp³-hybridized carbons (Fsp3) is 0.227. The number of phenols is 1. The van der Waals surface area contributed by atoms with E-state index in [0.717, 1.165) is 34.2 Å². The van der Waals surface area contributed by atoms with Crippen molar-refractivity contribution in [2.75, 3.05) is 21.2 Å². The molecular weight excluding hydrogens is 340 g/mol. The van der Waals surface area contributed by atoms with E-state index in [1.165, 1.54) is 4.90 Å². The van der Waals surface area contributed by atoms with Crippen molar-refractivity contribution in [1.82, 2.24) is 5.32 Å². The Balaban J connectivity index is 1.80. The van der Waals surface area contributed by atoms with Crippen molar-refractivity contribution in [3.8, 4) is 11.5 Å². The van der Waals surface area contributed by atoms with Crippen LogP contribution in [0.15, 0.2) is 54.6 Å². The fourth-order valence-electron chi connectivity index (χ4n) is 3.29. The van der Waals surface area contributed by atoms with Crippen LogP contribution in [0.25, 0.3) is 10.8 Å². The number of phenolic OH excluding ortho intramolecular Hbond substituents is 1. The molecule has 0 radical (unpaired) electrons. The van der Waals surface area contributed by atoms with E-state index in [0.29, 0.717) is 17.9 Å². The number of carbonyl (C=O) groups excluding carboxylic acids is 1. The summed E-state index contributed by atoms with van der Waals surface area (Å²) in [6, 6.07) is 17.2. The van der Waals surface area contributed by atoms with Crippen LogP contribution in [-0.4, -0.2) is 32.2 Å². The summed E-state index contributed by atoms with van der Waals surface area (Å²) < 4.78 is 5.34. The number of carbonyl (C=O) groups is 1. The minimum atomic E-state index is -0.0862. The van der Waals surface area contributed by atoms with Gasteiger partial charge in [0.2, 0.25) is 0 Å². The molecule has 0 saturated heterocycles. The molecular formula is C22H25N2O3+. The summed E-state index contributed by atoms with van der Waals surface area (Å²) in [6.45, 7) is 1.46. The summed E-state index contributed by atoms with van der Waals surface area (Å²) in [7, 11) is 5.36. The van der Waals surface area contributed by atoms with Crippen LogP contribution in [0.1, 0.15) is 21.5 Å². The lowest BCUT2D eigenvalue weighted by Crippen LogP contribution is -3.06. The van der Waals surface area contributed by atoms with Crippen molar-refractivity contribution in [1.29, 1.82) is 0 Å². The molecule has 0 heterocycles. The van der Waals surface area contributed by atoms with E-state index in [9.17, 15) is 9.90 Å². The largest absolute Gasteiger partial charge is 0.507 e. The van der Waals surface area contributed by atoms with Crippen LogP contribution < -0.4 is 15.0 Å². The molecule has 5 nitrogen and oxygen atoms in total. The molecule has 3 aromatic rings. The van der Waals surface area contributed by atoms with Crippen LogP contribution in [-0.2, 0) is 13.1 Å². The summed E-state index contributed by atoms with van der Waals surface area (Å²) in [6.07, 6.45) is 0. The van der Waals surface area contributed by atoms with Gasteiger partial charge in [-0.1, -0.05) is 24.3 Å². The molecule has 0 aliphatic carbocycles. The van der Waals surface area contributed by atoms with Gasteiger partial charge in [0.05, 0.1) is 19.7 Å². The molecule has 0 spiro atoms. The van der Waals surface area contributed by atoms with E-state index in [-0.39, 0.29) is 5.91 Å². The first-order chi connectivity index (χ1) is 13.0. The monoisotopic (exact) mass is 365 g/mol. The van der Waals surface area contributed by atoms with Gasteiger partial charge in [-0.2, -0.15) is 0 Å². The zero-order chi connectivity index (χ0) is 19.4. The molecule has 0 aliphatic rings. The number of quaternary nitrogens is 1. The van der Waals surface area contributed by atoms with Crippen LogP contribution >= 0.6 is 0 Å². The van der Waals surface area contributed by atoms with Gasteiger partial charge in [0, 0.05) is 18.2 Å². The lowest BCUT2D eigenvalue weighted by Gasteiger charge is -2.17. The second-order valence-electron chi connectivity index (χ2n) is 6.74. The summed E-state index contributed by atoms with van der Waals surface area (Å²) in [4.78, 5) is 12.9. The van der Waals surface area contributed by atoms with Gasteiger partial charge in [0.1, 0.15) is 24.6 Å². The number of ether oxygens (including phenoxy) is 1. The Kier molecular flexibility index (Phi) is 5.62. The van der Waals surface area contributed by atoms with E-state index in [1.807, 2.05) is 48.5 Å². The lowest BCUT2D eigenvalue weighted by molar-refractivity contribution is -0.907. The number of fused-ring (bicyclic) bond motifs is 1. The van der Waals surface area contributed by atoms with Gasteiger partial charge < -0.3 is 20.1 Å². The highest BCUT2D eigenvalue weighted by atomic mass is 16.5. The number of rotatable bonds is 6. The topological polar surface area (TPSA) is 63.0 Å². The molecule has 27 heavy (non-hydrogen) atoms. The summed E-state index contributed by atoms with van der Waals surface area (Å²) in [5.74, 6) is 0.985. The van der Waals surface area contributed by atoms with Gasteiger partial charge in [-0.25, -0.2) is 0 Å². The zero-order valence-electron chi connectivity index (χ0n) is 15.9. The Morgan fingerprint density at radius 2 is 1.78 bits per heavy atom. The van der Waals surface area contributed by atoms with Gasteiger partial charge in [-0.15, -0.1) is 0 Å². The minimum absolute atomic E-state index is 0.0862. The Morgan fingerprint density at radius 1 is 1.07 bits per heavy atom. The Labute approximate surface area is 159 Å². The lowest BCUT2D eigenvalue weighted by atomic mass is 10.0. The number of benzene rings is 3. The number of aromatic hydroxyl groups is 1. The smallest absolute Gasteiger partial charge is 0.251 e. The Morgan fingerprint density at radius 3 is 2.44 bits per heavy atom. The molecule has 1 unspecified atom stereocenters. The fourth-order valence-corrected chi connectivity index (χ4v) is 3.29. The zero-order valence-corrected chi connectivity index (χ0v) is 15.9. The normalized spacial score (nSPS) is 12.0. The molecule has 0 aliphatic heterocycles. The first-order valence-electron chi connectivity index (χ1n) is 8.92. The standard InChI is InChI=1S/C22H24N2O3/c1-23-22(26)17-6-4-15(5-7-17)13-24(2)14-20-19-12-18(27-3)10-8-16(19)9-11-21(20)25/h4-12,25H,13-14H2,1-3H3,(H,23,26)/p+1. The highest BCUT2D eigenvalue weighted by Crippen LogP contribution is 2.29. The molecule has 140 valence electrons. The maximum absolute atomic E-state index is 11.6. The van der Waals surface area contributed by atoms with E-state index in [1.54, 1.807) is 20.2 Å². The van der Waals surface area contributed by atoms with Gasteiger partial charge in [-0.3, -0.25) is 4.79 Å². The number of hydrogen-bond donors (Lipinski definition) is 3. The third-order valence-electron chi connectivity index (χ3n) is 4.74. The highest BCUT2D eigenvalue weighted by molar-refractivity contribution is 5.94. The number of methoxy groups -OCH3 is 1. The Hall–Kier alpha value is -3.05. The average Bonchev–Trinajstić information content (AvgIpc) is 2.69. The molecule has 0 bridgehead atoms. The van der Waals surface area contributed by atoms with Crippen molar-refractivity contribution in [2.45, 2.75) is 13.1 Å². The molecule has 1 atom stereocenters. The van der Waals surface area contributed by atoms with E-state index >= 15 is 0 Å². The number of amides is 1. The first-order valence-corrected chi connectivity index (χ1v) is 8.92. The Bertz CT molecular complexity index is 952. The third kappa shape index (κ3) is 4.20. The van der Waals surface area contributed by atoms with Crippen molar-refractivity contribution < 1.29 is 19.5 Å². The molecule has 3 rings (SSSR count). The van der Waals surface area contributed by atoms with Crippen LogP contribution in [0.5, 0.6) is 11.5 Å². The first kappa shape index (κ1) is 18.7. The minimum Gasteiger partial charge on any atom is -0.507 e. The van der Waals surface area contributed by atoms with Gasteiger partial charge >= 0.3 is 0 Å². The third-order valence-corrected chi connectivity index (χ3v) is 4.74. The van der Waals surface area contributed by atoms with Crippen molar-refractivity contribution in [2.24, 2.45) is 0 Å². The highest BCUT2D eigenvalue weighted by Gasteiger charge is 2.14. The van der Waals surface area contributed by atoms with E-state index < -0.39 is 0 Å². The van der Waals surface area contributed by atoms with E-state index in [4.69, 9.17) is 4.74 Å². The van der Waals surface area contributed by atoms with Crippen molar-refractivity contribution >= 4 is 16.7 Å². The van der Waals surface area contributed by atoms with Crippen LogP contribution in [0.3, 0.4) is 0 Å². The van der Waals surface area contributed by atoms with Crippen molar-refractivity contribution in [3.05, 3.63) is 71.3 Å². The molecule has 5 heteroatoms.